The van der Waals surface area contributed by atoms with Crippen molar-refractivity contribution in [2.45, 2.75) is 130 Å². The summed E-state index contributed by atoms with van der Waals surface area (Å²) in [6.45, 7) is 18.5. The molecule has 0 aliphatic heterocycles. The van der Waals surface area contributed by atoms with Crippen LogP contribution < -0.4 is 0 Å². The summed E-state index contributed by atoms with van der Waals surface area (Å²) in [4.78, 5) is 0. The predicted molar refractivity (Wildman–Crippen MR) is 190 cm³/mol. The molecule has 0 unspecified atom stereocenters. The van der Waals surface area contributed by atoms with E-state index in [0.717, 1.165) is 22.3 Å². The van der Waals surface area contributed by atoms with Gasteiger partial charge >= 0.3 is 0 Å². The summed E-state index contributed by atoms with van der Waals surface area (Å²) in [5, 5.41) is 65.0. The van der Waals surface area contributed by atoms with Crippen molar-refractivity contribution in [3.8, 4) is 0 Å². The number of aliphatic hydroxyl groups is 6. The summed E-state index contributed by atoms with van der Waals surface area (Å²) in [7, 11) is 0. The minimum atomic E-state index is -1.46. The molecule has 6 atom stereocenters. The van der Waals surface area contributed by atoms with Crippen LogP contribution >= 0.6 is 0 Å². The highest BCUT2D eigenvalue weighted by Gasteiger charge is 2.59. The van der Waals surface area contributed by atoms with E-state index in [1.54, 1.807) is 26.0 Å². The van der Waals surface area contributed by atoms with E-state index in [1.807, 2.05) is 128 Å². The first-order valence-corrected chi connectivity index (χ1v) is 16.3. The Morgan fingerprint density at radius 3 is 1.04 bits per heavy atom. The second-order valence-electron chi connectivity index (χ2n) is 15.4. The number of rotatable bonds is 10. The van der Waals surface area contributed by atoms with Crippen LogP contribution in [0, 0.1) is 10.8 Å². The second kappa shape index (κ2) is 15.1. The van der Waals surface area contributed by atoms with Crippen molar-refractivity contribution < 1.29 is 30.6 Å². The number of aliphatic hydroxyl groups excluding tert-OH is 2. The third-order valence-corrected chi connectivity index (χ3v) is 9.90. The first-order chi connectivity index (χ1) is 21.0. The maximum Gasteiger partial charge on any atom is 0.117 e. The molecule has 0 aromatic rings. The van der Waals surface area contributed by atoms with E-state index in [9.17, 15) is 30.6 Å². The summed E-state index contributed by atoms with van der Waals surface area (Å²) >= 11 is 0. The Hall–Kier alpha value is -2.58. The zero-order chi connectivity index (χ0) is 35.2. The molecule has 0 aromatic carbocycles. The van der Waals surface area contributed by atoms with Gasteiger partial charge in [-0.15, -0.1) is 0 Å². The van der Waals surface area contributed by atoms with Crippen LogP contribution in [0.5, 0.6) is 0 Å². The van der Waals surface area contributed by atoms with Crippen LogP contribution in [0.4, 0.5) is 0 Å². The smallest absolute Gasteiger partial charge is 0.117 e. The maximum atomic E-state index is 11.4. The lowest BCUT2D eigenvalue weighted by Gasteiger charge is -2.54. The Labute approximate surface area is 278 Å². The zero-order valence-electron chi connectivity index (χ0n) is 29.7. The molecular formula is C40H60O6. The molecule has 2 saturated carbocycles. The van der Waals surface area contributed by atoms with Gasteiger partial charge in [-0.3, -0.25) is 0 Å². The molecule has 46 heavy (non-hydrogen) atoms. The Bertz CT molecular complexity index is 1200. The molecule has 256 valence electrons. The van der Waals surface area contributed by atoms with E-state index in [4.69, 9.17) is 0 Å². The van der Waals surface area contributed by atoms with Crippen molar-refractivity contribution in [1.29, 1.82) is 0 Å². The summed E-state index contributed by atoms with van der Waals surface area (Å²) in [6.07, 6.45) is 26.5. The van der Waals surface area contributed by atoms with Crippen molar-refractivity contribution in [1.82, 2.24) is 0 Å². The first-order valence-electron chi connectivity index (χ1n) is 16.3. The third-order valence-electron chi connectivity index (χ3n) is 9.90. The molecule has 2 rings (SSSR count). The fourth-order valence-electron chi connectivity index (χ4n) is 6.98. The van der Waals surface area contributed by atoms with E-state index in [-0.39, 0.29) is 12.8 Å². The van der Waals surface area contributed by atoms with Gasteiger partial charge in [0.2, 0.25) is 0 Å². The number of hydrogen-bond donors (Lipinski definition) is 6. The van der Waals surface area contributed by atoms with Crippen LogP contribution in [-0.2, 0) is 0 Å². The second-order valence-corrected chi connectivity index (χ2v) is 15.4. The molecule has 6 nitrogen and oxygen atoms in total. The van der Waals surface area contributed by atoms with Gasteiger partial charge in [0.1, 0.15) is 11.2 Å². The molecule has 0 heterocycles. The van der Waals surface area contributed by atoms with Crippen molar-refractivity contribution in [3.63, 3.8) is 0 Å². The van der Waals surface area contributed by atoms with Crippen molar-refractivity contribution in [2.24, 2.45) is 10.8 Å². The molecule has 0 amide bonds. The molecule has 2 aliphatic rings. The van der Waals surface area contributed by atoms with Gasteiger partial charge < -0.3 is 30.6 Å². The Kier molecular flexibility index (Phi) is 13.0. The topological polar surface area (TPSA) is 121 Å². The minimum absolute atomic E-state index is 0.126. The number of allylic oxidation sites excluding steroid dienone is 16. The van der Waals surface area contributed by atoms with E-state index in [0.29, 0.717) is 12.8 Å². The standard InChI is InChI=1S/C40H60O6/c1-29(17-13-19-31(3)21-23-39(45)35(5,6)25-33(41)27-37(39,9)43)15-11-12-16-30(2)18-14-20-32(4)22-24-40(46)36(7,8)26-34(42)28-38(40,10)44/h11-24,33-34,41-46H,25-28H2,1-10H3/b12-11+,17-13+,18-14+,23-21+,24-22+,29-15+,30-16+,31-19+,32-20+/t33-,34-,37+,38+,39+,40+/m0/s1. The molecular weight excluding hydrogens is 576 g/mol. The van der Waals surface area contributed by atoms with Crippen LogP contribution in [0.1, 0.15) is 94.9 Å². The average Bonchev–Trinajstić information content (AvgIpc) is 2.89. The Morgan fingerprint density at radius 1 is 0.457 bits per heavy atom. The van der Waals surface area contributed by atoms with E-state index >= 15 is 0 Å². The lowest BCUT2D eigenvalue weighted by Crippen LogP contribution is -2.65. The molecule has 2 fully saturated rings. The van der Waals surface area contributed by atoms with E-state index < -0.39 is 45.4 Å². The summed E-state index contributed by atoms with van der Waals surface area (Å²) in [6, 6.07) is 0. The minimum Gasteiger partial charge on any atom is -0.393 e. The average molecular weight is 637 g/mol. The normalized spacial score (nSPS) is 36.7. The molecule has 2 aliphatic carbocycles. The van der Waals surface area contributed by atoms with Gasteiger partial charge in [-0.25, -0.2) is 0 Å². The van der Waals surface area contributed by atoms with Gasteiger partial charge in [0, 0.05) is 23.7 Å². The largest absolute Gasteiger partial charge is 0.393 e. The first kappa shape index (κ1) is 39.6. The molecule has 0 radical (unpaired) electrons. The van der Waals surface area contributed by atoms with Crippen molar-refractivity contribution in [2.75, 3.05) is 0 Å². The predicted octanol–water partition coefficient (Wildman–Crippen LogP) is 6.88. The van der Waals surface area contributed by atoms with Crippen LogP contribution in [0.3, 0.4) is 0 Å². The molecule has 0 saturated heterocycles. The molecule has 6 heteroatoms. The van der Waals surface area contributed by atoms with Gasteiger partial charge in [0.05, 0.1) is 23.4 Å². The molecule has 0 aromatic heterocycles. The summed E-state index contributed by atoms with van der Waals surface area (Å²) in [5.74, 6) is 0. The van der Waals surface area contributed by atoms with Crippen LogP contribution in [0.15, 0.2) is 107 Å². The maximum absolute atomic E-state index is 11.4. The zero-order valence-corrected chi connectivity index (χ0v) is 29.7. The molecule has 0 bridgehead atoms. The van der Waals surface area contributed by atoms with Crippen molar-refractivity contribution in [3.05, 3.63) is 107 Å². The van der Waals surface area contributed by atoms with E-state index in [1.165, 1.54) is 0 Å². The fourth-order valence-corrected chi connectivity index (χ4v) is 6.98. The van der Waals surface area contributed by atoms with Crippen LogP contribution in [0.2, 0.25) is 0 Å². The fraction of sp³-hybridized carbons (Fsp3) is 0.550. The van der Waals surface area contributed by atoms with Gasteiger partial charge in [0.15, 0.2) is 0 Å². The van der Waals surface area contributed by atoms with Gasteiger partial charge in [0.25, 0.3) is 0 Å². The van der Waals surface area contributed by atoms with Crippen LogP contribution in [-0.4, -0.2) is 65.3 Å². The van der Waals surface area contributed by atoms with Crippen LogP contribution in [0.25, 0.3) is 0 Å². The third kappa shape index (κ3) is 9.50. The number of hydrogen-bond acceptors (Lipinski definition) is 6. The highest BCUT2D eigenvalue weighted by Crippen LogP contribution is 2.51. The SMILES string of the molecule is CC(/C=C/C=C(C)/C=C/[C@@]1(O)C(C)(C)C[C@H](O)C[C@@]1(C)O)=C\C=C\C=C(C)\C=C\C=C(C)\C=C\[C@@]1(O)C(C)(C)C[C@H](O)C[C@@]1(C)O. The molecule has 6 N–H and O–H groups in total. The lowest BCUT2D eigenvalue weighted by atomic mass is 9.57. The van der Waals surface area contributed by atoms with Crippen molar-refractivity contribution >= 4 is 0 Å². The summed E-state index contributed by atoms with van der Waals surface area (Å²) in [5.41, 5.74) is -3.18. The van der Waals surface area contributed by atoms with Gasteiger partial charge in [-0.1, -0.05) is 123 Å². The lowest BCUT2D eigenvalue weighted by molar-refractivity contribution is -0.217. The summed E-state index contributed by atoms with van der Waals surface area (Å²) < 4.78 is 0. The molecule has 0 spiro atoms. The van der Waals surface area contributed by atoms with Gasteiger partial charge in [-0.05, 0) is 66.5 Å². The Morgan fingerprint density at radius 2 is 0.739 bits per heavy atom. The Balaban J connectivity index is 1.97. The van der Waals surface area contributed by atoms with Gasteiger partial charge in [-0.2, -0.15) is 0 Å². The quantitative estimate of drug-likeness (QED) is 0.146. The highest BCUT2D eigenvalue weighted by molar-refractivity contribution is 5.34. The monoisotopic (exact) mass is 636 g/mol. The van der Waals surface area contributed by atoms with E-state index in [2.05, 4.69) is 0 Å². The highest BCUT2D eigenvalue weighted by atomic mass is 16.4.